The van der Waals surface area contributed by atoms with Gasteiger partial charge in [-0.3, -0.25) is 5.32 Å². The van der Waals surface area contributed by atoms with Crippen LogP contribution in [-0.2, 0) is 16.0 Å². The van der Waals surface area contributed by atoms with Gasteiger partial charge in [0.1, 0.15) is 12.6 Å². The van der Waals surface area contributed by atoms with Gasteiger partial charge in [-0.15, -0.1) is 0 Å². The summed E-state index contributed by atoms with van der Waals surface area (Å²) in [6, 6.07) is 5.74. The van der Waals surface area contributed by atoms with Gasteiger partial charge in [0.2, 0.25) is 0 Å². The molecule has 1 aliphatic heterocycles. The fourth-order valence-corrected chi connectivity index (χ4v) is 2.91. The Morgan fingerprint density at radius 1 is 1.29 bits per heavy atom. The molecular formula is C19H24Cl2NO2+. The van der Waals surface area contributed by atoms with Crippen molar-refractivity contribution in [3.8, 4) is 0 Å². The first-order valence-corrected chi connectivity index (χ1v) is 9.16. The van der Waals surface area contributed by atoms with Crippen LogP contribution in [0.2, 0.25) is 10.0 Å². The number of amides is 1. The van der Waals surface area contributed by atoms with Crippen molar-refractivity contribution in [2.75, 3.05) is 13.2 Å². The van der Waals surface area contributed by atoms with E-state index >= 15 is 0 Å². The summed E-state index contributed by atoms with van der Waals surface area (Å²) in [4.78, 5) is 11.7. The van der Waals surface area contributed by atoms with Crippen LogP contribution in [0.4, 0.5) is 0 Å². The zero-order valence-corrected chi connectivity index (χ0v) is 15.2. The summed E-state index contributed by atoms with van der Waals surface area (Å²) in [7, 11) is 0. The van der Waals surface area contributed by atoms with Gasteiger partial charge in [0.25, 0.3) is 0 Å². The van der Waals surface area contributed by atoms with Gasteiger partial charge in [-0.1, -0.05) is 47.5 Å². The summed E-state index contributed by atoms with van der Waals surface area (Å²) >= 11 is 11.9. The number of allylic oxidation sites excluding steroid dienone is 3. The number of unbranched alkanes of at least 4 members (excludes halogenated alkanes) is 1. The molecule has 1 amide bonds. The molecule has 0 saturated carbocycles. The average molecular weight is 369 g/mol. The molecule has 1 unspecified atom stereocenters. The lowest BCUT2D eigenvalue weighted by Crippen LogP contribution is -2.89. The molecule has 24 heavy (non-hydrogen) atoms. The Balaban J connectivity index is 1.57. The molecule has 0 radical (unpaired) electrons. The third-order valence-electron chi connectivity index (χ3n) is 3.93. The monoisotopic (exact) mass is 368 g/mol. The van der Waals surface area contributed by atoms with Crippen molar-refractivity contribution in [1.29, 1.82) is 0 Å². The van der Waals surface area contributed by atoms with Crippen molar-refractivity contribution in [3.63, 3.8) is 0 Å². The van der Waals surface area contributed by atoms with E-state index in [1.54, 1.807) is 17.5 Å². The number of rotatable bonds is 8. The minimum Gasteiger partial charge on any atom is -0.372 e. The third-order valence-corrected chi connectivity index (χ3v) is 4.67. The normalized spacial score (nSPS) is 18.0. The van der Waals surface area contributed by atoms with E-state index in [0.29, 0.717) is 10.0 Å². The standard InChI is InChI=1S/C19H23Cl2NO2/c20-17-11-10-15(13-18(17)21)7-4-2-1-3-5-9-19(23)22-14-16-8-6-12-24-16/h1,3,5,9-11,13,16H,2,4,6-8,12,14H2,(H,22,23)/p+1/b3-1+,9-5+. The second kappa shape index (κ2) is 10.7. The lowest BCUT2D eigenvalue weighted by molar-refractivity contribution is -0.571. The Morgan fingerprint density at radius 2 is 2.17 bits per heavy atom. The van der Waals surface area contributed by atoms with E-state index in [9.17, 15) is 4.79 Å². The predicted molar refractivity (Wildman–Crippen MR) is 98.5 cm³/mol. The molecule has 1 fully saturated rings. The molecule has 1 saturated heterocycles. The molecular weight excluding hydrogens is 345 g/mol. The number of aryl methyl sites for hydroxylation is 1. The summed E-state index contributed by atoms with van der Waals surface area (Å²) in [6.45, 7) is 1.55. The molecule has 0 bridgehead atoms. The zero-order valence-electron chi connectivity index (χ0n) is 13.7. The van der Waals surface area contributed by atoms with Crippen molar-refractivity contribution in [3.05, 3.63) is 58.1 Å². The van der Waals surface area contributed by atoms with Gasteiger partial charge in [0.05, 0.1) is 10.0 Å². The number of hydrogen-bond acceptors (Lipinski definition) is 2. The average Bonchev–Trinajstić information content (AvgIpc) is 3.09. The molecule has 1 aromatic rings. The minimum absolute atomic E-state index is 0.0472. The molecule has 1 aliphatic rings. The van der Waals surface area contributed by atoms with E-state index in [1.807, 2.05) is 24.3 Å². The quantitative estimate of drug-likeness (QED) is 0.431. The maximum absolute atomic E-state index is 11.7. The number of carbonyl (C=O) groups is 1. The van der Waals surface area contributed by atoms with Crippen LogP contribution >= 0.6 is 23.2 Å². The Kier molecular flexibility index (Phi) is 8.54. The summed E-state index contributed by atoms with van der Waals surface area (Å²) in [5, 5.41) is 2.90. The van der Waals surface area contributed by atoms with Crippen LogP contribution in [0.1, 0.15) is 31.2 Å². The number of ether oxygens (including phenoxy) is 1. The van der Waals surface area contributed by atoms with Crippen LogP contribution in [-0.4, -0.2) is 25.2 Å². The van der Waals surface area contributed by atoms with Crippen LogP contribution in [0.5, 0.6) is 0 Å². The van der Waals surface area contributed by atoms with E-state index in [0.717, 1.165) is 45.3 Å². The maximum atomic E-state index is 11.7. The van der Waals surface area contributed by atoms with Crippen molar-refractivity contribution in [2.45, 2.75) is 38.2 Å². The maximum Gasteiger partial charge on any atom is 0.335 e. The number of nitrogens with two attached hydrogens (primary N) is 1. The number of hydrogen-bond donors (Lipinski definition) is 1. The lowest BCUT2D eigenvalue weighted by atomic mass is 10.1. The fourth-order valence-electron chi connectivity index (χ4n) is 2.59. The van der Waals surface area contributed by atoms with Crippen LogP contribution in [0.15, 0.2) is 42.5 Å². The predicted octanol–water partition coefficient (Wildman–Crippen LogP) is 3.70. The molecule has 5 heteroatoms. The number of primary amides is 1. The van der Waals surface area contributed by atoms with E-state index < -0.39 is 0 Å². The zero-order chi connectivity index (χ0) is 17.2. The number of carbonyl (C=O) groups excluding carboxylic acids is 1. The van der Waals surface area contributed by atoms with Gasteiger partial charge in [-0.25, -0.2) is 4.79 Å². The highest BCUT2D eigenvalue weighted by Gasteiger charge is 2.17. The second-order valence-electron chi connectivity index (χ2n) is 5.91. The Hall–Kier alpha value is -1.13. The molecule has 3 nitrogen and oxygen atoms in total. The summed E-state index contributed by atoms with van der Waals surface area (Å²) in [5.74, 6) is 0.0472. The molecule has 1 atom stereocenters. The van der Waals surface area contributed by atoms with Crippen molar-refractivity contribution >= 4 is 29.1 Å². The molecule has 1 aromatic carbocycles. The summed E-state index contributed by atoms with van der Waals surface area (Å²) in [6.07, 6.45) is 12.7. The summed E-state index contributed by atoms with van der Waals surface area (Å²) < 4.78 is 5.49. The van der Waals surface area contributed by atoms with Crippen molar-refractivity contribution in [1.82, 2.24) is 0 Å². The Bertz CT molecular complexity index is 593. The van der Waals surface area contributed by atoms with E-state index in [4.69, 9.17) is 27.9 Å². The highest BCUT2D eigenvalue weighted by atomic mass is 35.5. The second-order valence-corrected chi connectivity index (χ2v) is 6.72. The van der Waals surface area contributed by atoms with Gasteiger partial charge < -0.3 is 4.74 Å². The molecule has 0 aromatic heterocycles. The molecule has 0 aliphatic carbocycles. The summed E-state index contributed by atoms with van der Waals surface area (Å²) in [5.41, 5.74) is 1.19. The van der Waals surface area contributed by atoms with Gasteiger partial charge in [-0.2, -0.15) is 0 Å². The van der Waals surface area contributed by atoms with Gasteiger partial charge in [0, 0.05) is 12.7 Å². The number of halogens is 2. The lowest BCUT2D eigenvalue weighted by Gasteiger charge is -2.04. The Morgan fingerprint density at radius 3 is 2.92 bits per heavy atom. The van der Waals surface area contributed by atoms with Gasteiger partial charge >= 0.3 is 5.91 Å². The smallest absolute Gasteiger partial charge is 0.335 e. The van der Waals surface area contributed by atoms with Crippen LogP contribution < -0.4 is 5.32 Å². The minimum atomic E-state index is 0.0472. The Labute approximate surface area is 153 Å². The largest absolute Gasteiger partial charge is 0.372 e. The number of quaternary nitrogens is 1. The van der Waals surface area contributed by atoms with Gasteiger partial charge in [0.15, 0.2) is 0 Å². The first kappa shape index (κ1) is 19.2. The van der Waals surface area contributed by atoms with Crippen LogP contribution in [0, 0.1) is 0 Å². The highest BCUT2D eigenvalue weighted by molar-refractivity contribution is 6.42. The topological polar surface area (TPSA) is 42.9 Å². The molecule has 1 heterocycles. The fraction of sp³-hybridized carbons (Fsp3) is 0.421. The number of benzene rings is 1. The van der Waals surface area contributed by atoms with E-state index in [2.05, 4.69) is 6.08 Å². The molecule has 0 spiro atoms. The van der Waals surface area contributed by atoms with E-state index in [-0.39, 0.29) is 12.0 Å². The van der Waals surface area contributed by atoms with Crippen molar-refractivity contribution < 1.29 is 14.8 Å². The molecule has 2 N–H and O–H groups in total. The van der Waals surface area contributed by atoms with Crippen molar-refractivity contribution in [2.24, 2.45) is 0 Å². The SMILES string of the molecule is O=C(/C=C/C=C/CCCc1ccc(Cl)c(Cl)c1)[NH2+]CC1CCCO1. The molecule has 2 rings (SSSR count). The highest BCUT2D eigenvalue weighted by Crippen LogP contribution is 2.23. The van der Waals surface area contributed by atoms with Crippen LogP contribution in [0.25, 0.3) is 0 Å². The van der Waals surface area contributed by atoms with Crippen LogP contribution in [0.3, 0.4) is 0 Å². The first-order valence-electron chi connectivity index (χ1n) is 8.41. The third kappa shape index (κ3) is 7.18. The first-order chi connectivity index (χ1) is 11.6. The molecule has 130 valence electrons. The van der Waals surface area contributed by atoms with Gasteiger partial charge in [-0.05, 0) is 49.8 Å². The van der Waals surface area contributed by atoms with E-state index in [1.165, 1.54) is 5.56 Å².